The number of benzene rings is 1. The van der Waals surface area contributed by atoms with Crippen molar-refractivity contribution in [1.29, 1.82) is 0 Å². The molecule has 0 radical (unpaired) electrons. The highest BCUT2D eigenvalue weighted by molar-refractivity contribution is 7.18. The predicted molar refractivity (Wildman–Crippen MR) is 110 cm³/mol. The molecule has 2 aliphatic heterocycles. The Kier molecular flexibility index (Phi) is 3.97. The van der Waals surface area contributed by atoms with E-state index >= 15 is 0 Å². The quantitative estimate of drug-likeness (QED) is 0.534. The van der Waals surface area contributed by atoms with Gasteiger partial charge >= 0.3 is 0 Å². The van der Waals surface area contributed by atoms with Crippen LogP contribution in [-0.4, -0.2) is 34.4 Å². The van der Waals surface area contributed by atoms with Gasteiger partial charge in [-0.05, 0) is 55.2 Å². The summed E-state index contributed by atoms with van der Waals surface area (Å²) >= 11 is 1.61. The number of aromatic nitrogens is 2. The molecule has 0 bridgehead atoms. The molecule has 1 aromatic carbocycles. The molecule has 5 rings (SSSR count). The first kappa shape index (κ1) is 16.5. The van der Waals surface area contributed by atoms with Crippen LogP contribution in [0.4, 0.5) is 11.5 Å². The number of phenols is 1. The zero-order chi connectivity index (χ0) is 18.4. The normalized spacial score (nSPS) is 16.1. The van der Waals surface area contributed by atoms with Gasteiger partial charge in [0.15, 0.2) is 5.82 Å². The maximum absolute atomic E-state index is 10.8. The number of aromatic hydroxyl groups is 1. The second kappa shape index (κ2) is 6.49. The minimum absolute atomic E-state index is 0.366. The van der Waals surface area contributed by atoms with Gasteiger partial charge in [-0.3, -0.25) is 5.43 Å². The molecule has 0 saturated heterocycles. The number of thiophene rings is 1. The van der Waals surface area contributed by atoms with E-state index in [1.165, 1.54) is 17.7 Å². The summed E-state index contributed by atoms with van der Waals surface area (Å²) in [5.74, 6) is 1.06. The summed E-state index contributed by atoms with van der Waals surface area (Å²) in [4.78, 5) is 11.1. The van der Waals surface area contributed by atoms with E-state index in [1.54, 1.807) is 23.9 Å². The smallest absolute Gasteiger partial charge is 0.167 e. The number of aryl methyl sites for hydroxylation is 2. The van der Waals surface area contributed by atoms with Gasteiger partial charge in [-0.2, -0.15) is 5.10 Å². The first-order chi connectivity index (χ1) is 13.2. The van der Waals surface area contributed by atoms with E-state index in [2.05, 4.69) is 36.8 Å². The molecule has 3 aromatic rings. The van der Waals surface area contributed by atoms with E-state index in [9.17, 15) is 5.11 Å². The van der Waals surface area contributed by atoms with Crippen LogP contribution in [0.2, 0.25) is 0 Å². The number of nitrogens with one attached hydrogen (secondary N) is 1. The molecule has 0 fully saturated rings. The number of fused-ring (bicyclic) bond motifs is 1. The Bertz CT molecular complexity index is 1060. The van der Waals surface area contributed by atoms with Crippen molar-refractivity contribution in [1.82, 2.24) is 9.97 Å². The molecule has 2 aromatic heterocycles. The fourth-order valence-corrected chi connectivity index (χ4v) is 5.12. The van der Waals surface area contributed by atoms with Crippen LogP contribution in [0.3, 0.4) is 0 Å². The number of anilines is 2. The molecule has 2 N–H and O–H groups in total. The van der Waals surface area contributed by atoms with Crippen LogP contribution in [0.25, 0.3) is 10.2 Å². The van der Waals surface area contributed by atoms with Crippen molar-refractivity contribution in [2.24, 2.45) is 5.10 Å². The van der Waals surface area contributed by atoms with E-state index in [1.807, 2.05) is 6.92 Å². The maximum Gasteiger partial charge on any atom is 0.167 e. The third kappa shape index (κ3) is 2.73. The van der Waals surface area contributed by atoms with E-state index in [0.29, 0.717) is 11.6 Å². The van der Waals surface area contributed by atoms with E-state index in [4.69, 9.17) is 0 Å². The number of hydrazone groups is 1. The fourth-order valence-electron chi connectivity index (χ4n) is 4.18. The lowest BCUT2D eigenvalue weighted by Gasteiger charge is -2.37. The predicted octanol–water partition coefficient (Wildman–Crippen LogP) is 3.85. The lowest BCUT2D eigenvalue weighted by atomic mass is 9.89. The third-order valence-electron chi connectivity index (χ3n) is 5.43. The largest absolute Gasteiger partial charge is 0.507 e. The third-order valence-corrected chi connectivity index (χ3v) is 6.52. The van der Waals surface area contributed by atoms with Crippen LogP contribution in [0.15, 0.2) is 22.9 Å². The van der Waals surface area contributed by atoms with Crippen LogP contribution >= 0.6 is 11.3 Å². The minimum Gasteiger partial charge on any atom is -0.507 e. The zero-order valence-electron chi connectivity index (χ0n) is 15.2. The molecular weight excluding hydrogens is 358 g/mol. The van der Waals surface area contributed by atoms with Gasteiger partial charge in [0.25, 0.3) is 0 Å². The van der Waals surface area contributed by atoms with Gasteiger partial charge in [0.2, 0.25) is 0 Å². The minimum atomic E-state index is 0.366. The number of phenolic OH excluding ortho intramolecular Hbond substituents is 1. The SMILES string of the molecule is Cc1csc2c(N/N=C/c3cc4c5c(c3O)CCCN5CCC4)ncnc12. The topological polar surface area (TPSA) is 73.6 Å². The number of hydrogen-bond donors (Lipinski definition) is 2. The van der Waals surface area contributed by atoms with Gasteiger partial charge in [0.05, 0.1) is 16.4 Å². The Morgan fingerprint density at radius 2 is 2.11 bits per heavy atom. The molecule has 0 atom stereocenters. The van der Waals surface area contributed by atoms with Crippen LogP contribution in [0.5, 0.6) is 5.75 Å². The molecule has 0 saturated carbocycles. The average Bonchev–Trinajstić information content (AvgIpc) is 3.07. The van der Waals surface area contributed by atoms with Crippen molar-refractivity contribution >= 4 is 39.3 Å². The molecule has 0 amide bonds. The summed E-state index contributed by atoms with van der Waals surface area (Å²) in [5, 5.41) is 17.2. The Balaban J connectivity index is 1.47. The van der Waals surface area contributed by atoms with Gasteiger partial charge in [0.1, 0.15) is 12.1 Å². The molecule has 7 heteroatoms. The van der Waals surface area contributed by atoms with Crippen molar-refractivity contribution in [3.8, 4) is 5.75 Å². The van der Waals surface area contributed by atoms with Crippen molar-refractivity contribution in [3.05, 3.63) is 40.0 Å². The molecular formula is C20H21N5OS. The number of rotatable bonds is 3. The Morgan fingerprint density at radius 3 is 3.00 bits per heavy atom. The Morgan fingerprint density at radius 1 is 1.26 bits per heavy atom. The molecule has 0 spiro atoms. The standard InChI is InChI=1S/C20H21N5OS/c1-12-10-27-19-16(12)21-11-22-20(19)24-23-9-14-8-13-4-2-6-25-7-3-5-15(17(13)25)18(14)26/h8-11,26H,2-7H2,1H3,(H,21,22,24)/b23-9+. The number of nitrogens with zero attached hydrogens (tertiary/aromatic N) is 4. The lowest BCUT2D eigenvalue weighted by Crippen LogP contribution is -2.34. The molecule has 0 aliphatic carbocycles. The molecule has 0 unspecified atom stereocenters. The van der Waals surface area contributed by atoms with Crippen LogP contribution in [0, 0.1) is 6.92 Å². The van der Waals surface area contributed by atoms with Crippen LogP contribution in [0.1, 0.15) is 35.1 Å². The van der Waals surface area contributed by atoms with Gasteiger partial charge in [-0.1, -0.05) is 0 Å². The number of hydrogen-bond acceptors (Lipinski definition) is 7. The monoisotopic (exact) mass is 379 g/mol. The molecule has 6 nitrogen and oxygen atoms in total. The Hall–Kier alpha value is -2.67. The van der Waals surface area contributed by atoms with Crippen LogP contribution < -0.4 is 10.3 Å². The van der Waals surface area contributed by atoms with E-state index in [-0.39, 0.29) is 0 Å². The summed E-state index contributed by atoms with van der Waals surface area (Å²) in [7, 11) is 0. The van der Waals surface area contributed by atoms with Crippen LogP contribution in [-0.2, 0) is 12.8 Å². The van der Waals surface area contributed by atoms with Crippen molar-refractivity contribution in [3.63, 3.8) is 0 Å². The summed E-state index contributed by atoms with van der Waals surface area (Å²) in [5.41, 5.74) is 9.56. The maximum atomic E-state index is 10.8. The van der Waals surface area contributed by atoms with Crippen molar-refractivity contribution in [2.45, 2.75) is 32.6 Å². The molecule has 2 aliphatic rings. The van der Waals surface area contributed by atoms with E-state index < -0.39 is 0 Å². The second-order valence-corrected chi connectivity index (χ2v) is 8.06. The van der Waals surface area contributed by atoms with Gasteiger partial charge in [-0.25, -0.2) is 9.97 Å². The van der Waals surface area contributed by atoms with Crippen molar-refractivity contribution in [2.75, 3.05) is 23.4 Å². The highest BCUT2D eigenvalue weighted by Crippen LogP contribution is 2.41. The van der Waals surface area contributed by atoms with Gasteiger partial charge in [0, 0.05) is 29.9 Å². The highest BCUT2D eigenvalue weighted by atomic mass is 32.1. The first-order valence-corrected chi connectivity index (χ1v) is 10.2. The Labute approximate surface area is 161 Å². The second-order valence-electron chi connectivity index (χ2n) is 7.18. The van der Waals surface area contributed by atoms with Crippen molar-refractivity contribution < 1.29 is 5.11 Å². The molecule has 138 valence electrons. The first-order valence-electron chi connectivity index (χ1n) is 9.33. The van der Waals surface area contributed by atoms with E-state index in [0.717, 1.165) is 59.3 Å². The highest BCUT2D eigenvalue weighted by Gasteiger charge is 2.27. The summed E-state index contributed by atoms with van der Waals surface area (Å²) in [6, 6.07) is 2.09. The molecule has 4 heterocycles. The summed E-state index contributed by atoms with van der Waals surface area (Å²) in [6.45, 7) is 4.23. The summed E-state index contributed by atoms with van der Waals surface area (Å²) in [6.07, 6.45) is 7.51. The van der Waals surface area contributed by atoms with Gasteiger partial charge < -0.3 is 10.0 Å². The lowest BCUT2D eigenvalue weighted by molar-refractivity contribution is 0.461. The average molecular weight is 379 g/mol. The van der Waals surface area contributed by atoms with Gasteiger partial charge in [-0.15, -0.1) is 11.3 Å². The molecule has 27 heavy (non-hydrogen) atoms. The summed E-state index contributed by atoms with van der Waals surface area (Å²) < 4.78 is 0.993. The fraction of sp³-hybridized carbons (Fsp3) is 0.350. The zero-order valence-corrected chi connectivity index (χ0v) is 16.0.